The molecule has 0 radical (unpaired) electrons. The van der Waals surface area contributed by atoms with Crippen molar-refractivity contribution in [3.05, 3.63) is 52.7 Å². The molecule has 5 heteroatoms. The molecule has 1 heterocycles. The van der Waals surface area contributed by atoms with E-state index in [1.807, 2.05) is 19.1 Å². The van der Waals surface area contributed by atoms with Crippen molar-refractivity contribution in [2.45, 2.75) is 36.1 Å². The zero-order chi connectivity index (χ0) is 14.8. The van der Waals surface area contributed by atoms with Crippen LogP contribution >= 0.6 is 11.8 Å². The van der Waals surface area contributed by atoms with Gasteiger partial charge in [-0.25, -0.2) is 4.98 Å². The first-order valence-corrected chi connectivity index (χ1v) is 7.73. The van der Waals surface area contributed by atoms with Crippen LogP contribution in [0.2, 0.25) is 0 Å². The average Bonchev–Trinajstić information content (AvgIpc) is 2.93. The predicted molar refractivity (Wildman–Crippen MR) is 84.1 cm³/mol. The van der Waals surface area contributed by atoms with Crippen molar-refractivity contribution in [2.75, 3.05) is 0 Å². The van der Waals surface area contributed by atoms with Crippen molar-refractivity contribution in [1.29, 1.82) is 0 Å². The summed E-state index contributed by atoms with van der Waals surface area (Å²) in [6.07, 6.45) is 3.61. The number of amidine groups is 1. The Kier molecular flexibility index (Phi) is 3.84. The van der Waals surface area contributed by atoms with Crippen molar-refractivity contribution >= 4 is 17.6 Å². The summed E-state index contributed by atoms with van der Waals surface area (Å²) in [6, 6.07) is 10.3. The fourth-order valence-electron chi connectivity index (χ4n) is 2.63. The van der Waals surface area contributed by atoms with E-state index in [1.54, 1.807) is 11.8 Å². The van der Waals surface area contributed by atoms with Crippen molar-refractivity contribution in [1.82, 2.24) is 4.98 Å². The lowest BCUT2D eigenvalue weighted by molar-refractivity contribution is 0.318. The van der Waals surface area contributed by atoms with Gasteiger partial charge in [0, 0.05) is 16.2 Å². The molecule has 0 fully saturated rings. The number of pyridine rings is 1. The number of nitrogens with two attached hydrogens (primary N) is 1. The molecule has 21 heavy (non-hydrogen) atoms. The maximum Gasteiger partial charge on any atom is 0.170 e. The van der Waals surface area contributed by atoms with Gasteiger partial charge in [0.1, 0.15) is 5.03 Å². The number of hydrogen-bond acceptors (Lipinski definition) is 4. The van der Waals surface area contributed by atoms with Gasteiger partial charge < -0.3 is 10.9 Å². The number of nitrogens with zero attached hydrogens (tertiary/aromatic N) is 2. The highest BCUT2D eigenvalue weighted by Crippen LogP contribution is 2.31. The third kappa shape index (κ3) is 3.03. The summed E-state index contributed by atoms with van der Waals surface area (Å²) in [5.41, 5.74) is 10.1. The van der Waals surface area contributed by atoms with Gasteiger partial charge in [0.25, 0.3) is 0 Å². The molecule has 1 aliphatic carbocycles. The first-order valence-electron chi connectivity index (χ1n) is 6.92. The van der Waals surface area contributed by atoms with Crippen LogP contribution in [0.4, 0.5) is 0 Å². The standard InChI is InChI=1S/C16H17N3OS/c1-10-7-13(16(17)19-20)9-15(18-10)21-14-6-5-11-3-2-4-12(11)8-14/h5-9,20H,2-4H2,1H3,(H2,17,19). The van der Waals surface area contributed by atoms with E-state index in [0.717, 1.165) is 10.7 Å². The molecule has 3 rings (SSSR count). The second-order valence-corrected chi connectivity index (χ2v) is 6.30. The minimum Gasteiger partial charge on any atom is -0.409 e. The molecule has 0 saturated carbocycles. The number of fused-ring (bicyclic) bond motifs is 1. The summed E-state index contributed by atoms with van der Waals surface area (Å²) in [7, 11) is 0. The topological polar surface area (TPSA) is 71.5 Å². The number of rotatable bonds is 3. The highest BCUT2D eigenvalue weighted by molar-refractivity contribution is 7.99. The van der Waals surface area contributed by atoms with E-state index in [-0.39, 0.29) is 5.84 Å². The van der Waals surface area contributed by atoms with Gasteiger partial charge in [0.2, 0.25) is 0 Å². The second-order valence-electron chi connectivity index (χ2n) is 5.21. The van der Waals surface area contributed by atoms with Crippen LogP contribution in [0.15, 0.2) is 45.4 Å². The van der Waals surface area contributed by atoms with Crippen molar-refractivity contribution < 1.29 is 5.21 Å². The largest absolute Gasteiger partial charge is 0.409 e. The molecule has 1 aromatic heterocycles. The van der Waals surface area contributed by atoms with E-state index in [9.17, 15) is 0 Å². The first-order chi connectivity index (χ1) is 10.2. The fraction of sp³-hybridized carbons (Fsp3) is 0.250. The molecule has 0 bridgehead atoms. The van der Waals surface area contributed by atoms with Gasteiger partial charge in [-0.2, -0.15) is 0 Å². The van der Waals surface area contributed by atoms with Crippen LogP contribution in [0.1, 0.15) is 28.8 Å². The minimum atomic E-state index is 0.108. The van der Waals surface area contributed by atoms with E-state index in [1.165, 1.54) is 35.3 Å². The Morgan fingerprint density at radius 1 is 1.24 bits per heavy atom. The number of benzene rings is 1. The Bertz CT molecular complexity index is 713. The Morgan fingerprint density at radius 2 is 2.05 bits per heavy atom. The smallest absolute Gasteiger partial charge is 0.170 e. The molecule has 0 amide bonds. The van der Waals surface area contributed by atoms with Gasteiger partial charge in [-0.15, -0.1) is 0 Å². The minimum absolute atomic E-state index is 0.108. The predicted octanol–water partition coefficient (Wildman–Crippen LogP) is 3.12. The van der Waals surface area contributed by atoms with Crippen molar-refractivity contribution in [2.24, 2.45) is 10.9 Å². The Morgan fingerprint density at radius 3 is 2.86 bits per heavy atom. The quantitative estimate of drug-likeness (QED) is 0.395. The van der Waals surface area contributed by atoms with E-state index >= 15 is 0 Å². The van der Waals surface area contributed by atoms with E-state index < -0.39 is 0 Å². The van der Waals surface area contributed by atoms with E-state index in [0.29, 0.717) is 5.56 Å². The second kappa shape index (κ2) is 5.77. The SMILES string of the molecule is Cc1cc(/C(N)=N/O)cc(Sc2ccc3c(c2)CCC3)n1. The molecule has 0 unspecified atom stereocenters. The molecular formula is C16H17N3OS. The molecule has 4 nitrogen and oxygen atoms in total. The molecule has 1 aliphatic rings. The van der Waals surface area contributed by atoms with Crippen LogP contribution in [0.5, 0.6) is 0 Å². The lowest BCUT2D eigenvalue weighted by atomic mass is 10.1. The van der Waals surface area contributed by atoms with Crippen LogP contribution in [0, 0.1) is 6.92 Å². The van der Waals surface area contributed by atoms with Gasteiger partial charge in [-0.3, -0.25) is 0 Å². The van der Waals surface area contributed by atoms with Crippen LogP contribution < -0.4 is 5.73 Å². The van der Waals surface area contributed by atoms with Crippen molar-refractivity contribution in [3.63, 3.8) is 0 Å². The average molecular weight is 299 g/mol. The van der Waals surface area contributed by atoms with Crippen LogP contribution in [0.3, 0.4) is 0 Å². The zero-order valence-electron chi connectivity index (χ0n) is 11.8. The molecular weight excluding hydrogens is 282 g/mol. The monoisotopic (exact) mass is 299 g/mol. The van der Waals surface area contributed by atoms with Crippen LogP contribution in [0.25, 0.3) is 0 Å². The third-order valence-electron chi connectivity index (χ3n) is 3.63. The number of aryl methyl sites for hydroxylation is 3. The number of aromatic nitrogens is 1. The Labute approximate surface area is 128 Å². The number of hydrogen-bond donors (Lipinski definition) is 2. The van der Waals surface area contributed by atoms with Gasteiger partial charge >= 0.3 is 0 Å². The molecule has 3 N–H and O–H groups in total. The highest BCUT2D eigenvalue weighted by Gasteiger charge is 2.12. The van der Waals surface area contributed by atoms with Gasteiger partial charge in [-0.05, 0) is 61.6 Å². The molecule has 0 atom stereocenters. The summed E-state index contributed by atoms with van der Waals surface area (Å²) in [5.74, 6) is 0.108. The lowest BCUT2D eigenvalue weighted by Gasteiger charge is -2.07. The summed E-state index contributed by atoms with van der Waals surface area (Å²) in [4.78, 5) is 5.69. The maximum absolute atomic E-state index is 8.80. The maximum atomic E-state index is 8.80. The first kappa shape index (κ1) is 13.9. The lowest BCUT2D eigenvalue weighted by Crippen LogP contribution is -2.13. The van der Waals surface area contributed by atoms with Gasteiger partial charge in [0.05, 0.1) is 0 Å². The molecule has 2 aromatic rings. The highest BCUT2D eigenvalue weighted by atomic mass is 32.2. The molecule has 0 saturated heterocycles. The molecule has 108 valence electrons. The Balaban J connectivity index is 1.89. The molecule has 0 spiro atoms. The fourth-order valence-corrected chi connectivity index (χ4v) is 3.58. The molecule has 1 aromatic carbocycles. The van der Waals surface area contributed by atoms with Gasteiger partial charge in [-0.1, -0.05) is 23.0 Å². The summed E-state index contributed by atoms with van der Waals surface area (Å²) >= 11 is 1.61. The number of oxime groups is 1. The molecule has 0 aliphatic heterocycles. The van der Waals surface area contributed by atoms with Gasteiger partial charge in [0.15, 0.2) is 5.84 Å². The van der Waals surface area contributed by atoms with Crippen molar-refractivity contribution in [3.8, 4) is 0 Å². The summed E-state index contributed by atoms with van der Waals surface area (Å²) in [6.45, 7) is 1.90. The normalized spacial score (nSPS) is 14.2. The van der Waals surface area contributed by atoms with Crippen LogP contribution in [-0.2, 0) is 12.8 Å². The Hall–Kier alpha value is -2.01. The summed E-state index contributed by atoms with van der Waals surface area (Å²) < 4.78 is 0. The van der Waals surface area contributed by atoms with E-state index in [2.05, 4.69) is 28.3 Å². The third-order valence-corrected chi connectivity index (χ3v) is 4.53. The van der Waals surface area contributed by atoms with Crippen LogP contribution in [-0.4, -0.2) is 16.0 Å². The zero-order valence-corrected chi connectivity index (χ0v) is 12.7. The van der Waals surface area contributed by atoms with E-state index in [4.69, 9.17) is 10.9 Å². The summed E-state index contributed by atoms with van der Waals surface area (Å²) in [5, 5.41) is 12.7.